The van der Waals surface area contributed by atoms with Gasteiger partial charge in [0.05, 0.1) is 7.11 Å². The number of benzene rings is 1. The lowest BCUT2D eigenvalue weighted by Gasteiger charge is -2.32. The van der Waals surface area contributed by atoms with Gasteiger partial charge in [-0.3, -0.25) is 10.1 Å². The fraction of sp³-hybridized carbons (Fsp3) is 0.381. The number of alkyl halides is 3. The number of anilines is 2. The van der Waals surface area contributed by atoms with E-state index in [1.807, 2.05) is 0 Å². The fourth-order valence-corrected chi connectivity index (χ4v) is 3.96. The number of hydrogen-bond acceptors (Lipinski definition) is 5. The number of primary amides is 1. The van der Waals surface area contributed by atoms with Crippen LogP contribution in [-0.2, 0) is 9.53 Å². The minimum absolute atomic E-state index is 0.0232. The Balaban J connectivity index is 2.04. The van der Waals surface area contributed by atoms with Crippen molar-refractivity contribution in [3.8, 4) is 5.75 Å². The standard InChI is InChI=1S/C21H21F5N4O4/c1-9-14(11-4-5-12(22)15(23)16(11)33-3)17(34-20(9,2)21(24,25)26)18(31)29-10-6-7-28-13(8-10)30-19(27)32/h4-9,14,17H,1-3H3,(H4,27,28,29,30,31,32). The molecule has 4 atom stereocenters. The van der Waals surface area contributed by atoms with Gasteiger partial charge < -0.3 is 20.5 Å². The molecule has 1 aliphatic rings. The average molecular weight is 488 g/mol. The number of urea groups is 1. The van der Waals surface area contributed by atoms with Gasteiger partial charge in [0.25, 0.3) is 5.91 Å². The molecule has 1 fully saturated rings. The maximum atomic E-state index is 14.4. The van der Waals surface area contributed by atoms with E-state index in [9.17, 15) is 31.5 Å². The van der Waals surface area contributed by atoms with E-state index in [0.717, 1.165) is 26.2 Å². The summed E-state index contributed by atoms with van der Waals surface area (Å²) in [4.78, 5) is 27.9. The smallest absolute Gasteiger partial charge is 0.417 e. The number of nitrogens with zero attached hydrogens (tertiary/aromatic N) is 1. The van der Waals surface area contributed by atoms with E-state index in [2.05, 4.69) is 15.6 Å². The van der Waals surface area contributed by atoms with E-state index in [4.69, 9.17) is 15.2 Å². The molecule has 0 bridgehead atoms. The van der Waals surface area contributed by atoms with Crippen LogP contribution < -0.4 is 21.1 Å². The maximum absolute atomic E-state index is 14.4. The Morgan fingerprint density at radius 3 is 2.47 bits per heavy atom. The molecule has 4 unspecified atom stereocenters. The third-order valence-corrected chi connectivity index (χ3v) is 5.85. The van der Waals surface area contributed by atoms with E-state index in [0.29, 0.717) is 0 Å². The van der Waals surface area contributed by atoms with Crippen molar-refractivity contribution in [2.24, 2.45) is 11.7 Å². The molecule has 8 nitrogen and oxygen atoms in total. The lowest BCUT2D eigenvalue weighted by atomic mass is 9.77. The average Bonchev–Trinajstić information content (AvgIpc) is 3.02. The SMILES string of the molecule is COc1c(C2C(C(=O)Nc3ccnc(NC(N)=O)c3)OC(C)(C(F)(F)F)C2C)ccc(F)c1F. The fourth-order valence-electron chi connectivity index (χ4n) is 3.96. The van der Waals surface area contributed by atoms with Crippen molar-refractivity contribution in [3.05, 3.63) is 47.7 Å². The Morgan fingerprint density at radius 2 is 1.88 bits per heavy atom. The number of nitrogens with one attached hydrogen (secondary N) is 2. The molecule has 1 aliphatic heterocycles. The lowest BCUT2D eigenvalue weighted by molar-refractivity contribution is -0.272. The molecule has 1 saturated heterocycles. The Morgan fingerprint density at radius 1 is 1.21 bits per heavy atom. The molecule has 34 heavy (non-hydrogen) atoms. The van der Waals surface area contributed by atoms with Gasteiger partial charge in [0.2, 0.25) is 5.82 Å². The molecule has 4 N–H and O–H groups in total. The van der Waals surface area contributed by atoms with Gasteiger partial charge in [-0.1, -0.05) is 13.0 Å². The van der Waals surface area contributed by atoms with Crippen molar-refractivity contribution in [2.75, 3.05) is 17.7 Å². The highest BCUT2D eigenvalue weighted by atomic mass is 19.4. The van der Waals surface area contributed by atoms with Crippen LogP contribution in [0.25, 0.3) is 0 Å². The summed E-state index contributed by atoms with van der Waals surface area (Å²) in [6, 6.07) is 3.42. The summed E-state index contributed by atoms with van der Waals surface area (Å²) in [5, 5.41) is 4.59. The Kier molecular flexibility index (Phi) is 6.69. The van der Waals surface area contributed by atoms with Crippen molar-refractivity contribution in [3.63, 3.8) is 0 Å². The molecule has 2 aromatic rings. The monoisotopic (exact) mass is 488 g/mol. The van der Waals surface area contributed by atoms with Crippen molar-refractivity contribution in [1.82, 2.24) is 4.98 Å². The summed E-state index contributed by atoms with van der Waals surface area (Å²) in [6.07, 6.45) is -5.43. The first-order valence-electron chi connectivity index (χ1n) is 9.90. The third-order valence-electron chi connectivity index (χ3n) is 5.85. The summed E-state index contributed by atoms with van der Waals surface area (Å²) in [5.74, 6) is -7.06. The minimum atomic E-state index is -4.89. The van der Waals surface area contributed by atoms with Crippen LogP contribution in [0.1, 0.15) is 25.3 Å². The molecule has 0 radical (unpaired) electrons. The zero-order chi connectivity index (χ0) is 25.4. The number of aromatic nitrogens is 1. The normalized spacial score (nSPS) is 24.5. The van der Waals surface area contributed by atoms with E-state index in [-0.39, 0.29) is 17.1 Å². The number of amides is 3. The second-order valence-corrected chi connectivity index (χ2v) is 7.85. The predicted molar refractivity (Wildman–Crippen MR) is 110 cm³/mol. The number of hydrogen-bond donors (Lipinski definition) is 3. The molecular formula is C21H21F5N4O4. The number of pyridine rings is 1. The number of halogens is 5. The maximum Gasteiger partial charge on any atom is 0.417 e. The quantitative estimate of drug-likeness (QED) is 0.552. The molecule has 0 saturated carbocycles. The zero-order valence-corrected chi connectivity index (χ0v) is 18.2. The molecule has 3 rings (SSSR count). The molecule has 0 aliphatic carbocycles. The van der Waals surface area contributed by atoms with Gasteiger partial charge in [0.1, 0.15) is 11.9 Å². The highest BCUT2D eigenvalue weighted by Crippen LogP contribution is 2.55. The van der Waals surface area contributed by atoms with Crippen LogP contribution in [0.15, 0.2) is 30.5 Å². The zero-order valence-electron chi connectivity index (χ0n) is 18.2. The number of ether oxygens (including phenoxy) is 2. The summed E-state index contributed by atoms with van der Waals surface area (Å²) in [5.41, 5.74) is 2.14. The second kappa shape index (κ2) is 9.05. The van der Waals surface area contributed by atoms with Gasteiger partial charge >= 0.3 is 12.2 Å². The summed E-state index contributed by atoms with van der Waals surface area (Å²) in [7, 11) is 1.03. The highest BCUT2D eigenvalue weighted by molar-refractivity contribution is 5.96. The Bertz CT molecular complexity index is 1110. The summed E-state index contributed by atoms with van der Waals surface area (Å²) in [6.45, 7) is 1.99. The largest absolute Gasteiger partial charge is 0.493 e. The van der Waals surface area contributed by atoms with Gasteiger partial charge in [-0.2, -0.15) is 17.6 Å². The molecule has 1 aromatic carbocycles. The van der Waals surface area contributed by atoms with Crippen LogP contribution in [0.2, 0.25) is 0 Å². The molecule has 0 spiro atoms. The number of rotatable bonds is 5. The number of methoxy groups -OCH3 is 1. The molecule has 184 valence electrons. The van der Waals surface area contributed by atoms with Gasteiger partial charge in [-0.15, -0.1) is 0 Å². The predicted octanol–water partition coefficient (Wildman–Crippen LogP) is 3.94. The number of carbonyl (C=O) groups excluding carboxylic acids is 2. The first-order chi connectivity index (χ1) is 15.8. The first kappa shape index (κ1) is 25.1. The summed E-state index contributed by atoms with van der Waals surface area (Å²) < 4.78 is 80.2. The van der Waals surface area contributed by atoms with Crippen molar-refractivity contribution < 1.29 is 41.0 Å². The molecule has 2 heterocycles. The topological polar surface area (TPSA) is 116 Å². The van der Waals surface area contributed by atoms with E-state index >= 15 is 0 Å². The van der Waals surface area contributed by atoms with Crippen LogP contribution in [0.4, 0.5) is 38.3 Å². The lowest BCUT2D eigenvalue weighted by Crippen LogP contribution is -2.47. The van der Waals surface area contributed by atoms with Crippen LogP contribution in [-0.4, -0.2) is 41.9 Å². The highest BCUT2D eigenvalue weighted by Gasteiger charge is 2.65. The van der Waals surface area contributed by atoms with Crippen LogP contribution in [0.3, 0.4) is 0 Å². The van der Waals surface area contributed by atoms with E-state index < -0.39 is 59.0 Å². The van der Waals surface area contributed by atoms with Crippen LogP contribution in [0, 0.1) is 17.6 Å². The van der Waals surface area contributed by atoms with Crippen molar-refractivity contribution >= 4 is 23.4 Å². The molecule has 3 amide bonds. The third kappa shape index (κ3) is 4.47. The number of nitrogens with two attached hydrogens (primary N) is 1. The summed E-state index contributed by atoms with van der Waals surface area (Å²) >= 11 is 0. The van der Waals surface area contributed by atoms with Gasteiger partial charge in [0, 0.05) is 35.3 Å². The molecule has 13 heteroatoms. The Labute approximate surface area is 190 Å². The van der Waals surface area contributed by atoms with Gasteiger partial charge in [0.15, 0.2) is 17.2 Å². The van der Waals surface area contributed by atoms with Crippen molar-refractivity contribution in [1.29, 1.82) is 0 Å². The van der Waals surface area contributed by atoms with Crippen LogP contribution in [0.5, 0.6) is 5.75 Å². The number of carbonyl (C=O) groups is 2. The molecular weight excluding hydrogens is 467 g/mol. The molecule has 1 aromatic heterocycles. The van der Waals surface area contributed by atoms with Gasteiger partial charge in [-0.25, -0.2) is 14.2 Å². The minimum Gasteiger partial charge on any atom is -0.493 e. The van der Waals surface area contributed by atoms with Crippen molar-refractivity contribution in [2.45, 2.75) is 37.6 Å². The first-order valence-corrected chi connectivity index (χ1v) is 9.90. The van der Waals surface area contributed by atoms with E-state index in [1.54, 1.807) is 0 Å². The van der Waals surface area contributed by atoms with E-state index in [1.165, 1.54) is 25.3 Å². The van der Waals surface area contributed by atoms with Crippen LogP contribution >= 0.6 is 0 Å². The van der Waals surface area contributed by atoms with Gasteiger partial charge in [-0.05, 0) is 19.1 Å². The Hall–Kier alpha value is -3.48. The second-order valence-electron chi connectivity index (χ2n) is 7.85.